The van der Waals surface area contributed by atoms with Crippen molar-refractivity contribution in [3.63, 3.8) is 0 Å². The predicted molar refractivity (Wildman–Crippen MR) is 61.5 cm³/mol. The molecule has 0 saturated heterocycles. The summed E-state index contributed by atoms with van der Waals surface area (Å²) in [5.74, 6) is 3.73. The lowest BCUT2D eigenvalue weighted by Crippen LogP contribution is -2.37. The summed E-state index contributed by atoms with van der Waals surface area (Å²) >= 11 is 3.79. The van der Waals surface area contributed by atoms with Crippen LogP contribution in [0.5, 0.6) is 0 Å². The molecular formula is C9H17N2S2+. The average Bonchev–Trinajstić information content (AvgIpc) is 2.59. The first-order chi connectivity index (χ1) is 6.38. The maximum absolute atomic E-state index is 3.29. The molecule has 1 aromatic rings. The molecule has 1 aromatic heterocycles. The number of aryl methyl sites for hydroxylation is 2. The minimum absolute atomic E-state index is 1.12. The SMILES string of the molecule is CSCCc1[nH]cc[n+]1CCSC. The molecule has 0 atom stereocenters. The molecule has 1 N–H and O–H groups in total. The van der Waals surface area contributed by atoms with Crippen LogP contribution in [0.4, 0.5) is 0 Å². The van der Waals surface area contributed by atoms with Gasteiger partial charge in [0.05, 0.1) is 13.0 Å². The van der Waals surface area contributed by atoms with E-state index in [4.69, 9.17) is 0 Å². The van der Waals surface area contributed by atoms with E-state index in [0.29, 0.717) is 0 Å². The van der Waals surface area contributed by atoms with Crippen LogP contribution in [0.15, 0.2) is 12.4 Å². The van der Waals surface area contributed by atoms with Gasteiger partial charge in [0, 0.05) is 11.5 Å². The Labute approximate surface area is 88.5 Å². The lowest BCUT2D eigenvalue weighted by Gasteiger charge is -1.98. The highest BCUT2D eigenvalue weighted by Gasteiger charge is 2.08. The molecule has 74 valence electrons. The molecule has 13 heavy (non-hydrogen) atoms. The van der Waals surface area contributed by atoms with E-state index in [9.17, 15) is 0 Å². The third-order valence-electron chi connectivity index (χ3n) is 1.93. The molecule has 0 aliphatic rings. The lowest BCUT2D eigenvalue weighted by atomic mass is 10.4. The van der Waals surface area contributed by atoms with Gasteiger partial charge in [0.15, 0.2) is 0 Å². The summed E-state index contributed by atoms with van der Waals surface area (Å²) in [6.07, 6.45) is 9.59. The normalized spacial score (nSPS) is 10.6. The molecule has 2 nitrogen and oxygen atoms in total. The molecule has 4 heteroatoms. The Kier molecular flexibility index (Phi) is 5.39. The fraction of sp³-hybridized carbons (Fsp3) is 0.667. The van der Waals surface area contributed by atoms with Crippen molar-refractivity contribution in [3.8, 4) is 0 Å². The van der Waals surface area contributed by atoms with E-state index in [1.54, 1.807) is 0 Å². The number of nitrogens with zero attached hydrogens (tertiary/aromatic N) is 1. The van der Waals surface area contributed by atoms with Crippen LogP contribution in [0.25, 0.3) is 0 Å². The first-order valence-corrected chi connectivity index (χ1v) is 7.21. The van der Waals surface area contributed by atoms with Gasteiger partial charge in [-0.25, -0.2) is 9.55 Å². The Morgan fingerprint density at radius 3 is 2.77 bits per heavy atom. The second kappa shape index (κ2) is 6.38. The Balaban J connectivity index is 2.45. The number of thioether (sulfide) groups is 2. The number of nitrogens with one attached hydrogen (secondary N) is 1. The molecule has 0 saturated carbocycles. The van der Waals surface area contributed by atoms with Crippen molar-refractivity contribution in [2.24, 2.45) is 0 Å². The summed E-state index contributed by atoms with van der Waals surface area (Å²) in [5.41, 5.74) is 0. The van der Waals surface area contributed by atoms with Crippen molar-refractivity contribution in [2.75, 3.05) is 24.0 Å². The number of hydrogen-bond acceptors (Lipinski definition) is 2. The van der Waals surface area contributed by atoms with Gasteiger partial charge in [0.1, 0.15) is 12.4 Å². The minimum atomic E-state index is 1.12. The zero-order chi connectivity index (χ0) is 9.52. The topological polar surface area (TPSA) is 19.7 Å². The van der Waals surface area contributed by atoms with Gasteiger partial charge in [-0.05, 0) is 12.5 Å². The van der Waals surface area contributed by atoms with Crippen LogP contribution in [0, 0.1) is 0 Å². The second-order valence-electron chi connectivity index (χ2n) is 2.84. The van der Waals surface area contributed by atoms with E-state index in [2.05, 4.69) is 28.3 Å². The Bertz CT molecular complexity index is 213. The molecule has 1 heterocycles. The monoisotopic (exact) mass is 217 g/mol. The fourth-order valence-corrected chi connectivity index (χ4v) is 1.99. The van der Waals surface area contributed by atoms with Crippen LogP contribution in [0.3, 0.4) is 0 Å². The van der Waals surface area contributed by atoms with Crippen molar-refractivity contribution in [1.82, 2.24) is 4.98 Å². The standard InChI is InChI=1S/C9H16N2S2/c1-12-7-3-9-10-4-5-11(9)6-8-13-2/h4-5H,3,6-8H2,1-2H3/p+1. The van der Waals surface area contributed by atoms with Crippen LogP contribution in [0.1, 0.15) is 5.82 Å². The van der Waals surface area contributed by atoms with Gasteiger partial charge in [-0.3, -0.25) is 0 Å². The highest BCUT2D eigenvalue weighted by molar-refractivity contribution is 7.98. The van der Waals surface area contributed by atoms with Gasteiger partial charge < -0.3 is 0 Å². The largest absolute Gasteiger partial charge is 0.255 e. The van der Waals surface area contributed by atoms with Crippen molar-refractivity contribution < 1.29 is 4.57 Å². The Hall–Kier alpha value is -0.0900. The van der Waals surface area contributed by atoms with Gasteiger partial charge in [0.25, 0.3) is 5.82 Å². The maximum Gasteiger partial charge on any atom is 0.255 e. The highest BCUT2D eigenvalue weighted by atomic mass is 32.2. The minimum Gasteiger partial charge on any atom is -0.248 e. The van der Waals surface area contributed by atoms with E-state index >= 15 is 0 Å². The summed E-state index contributed by atoms with van der Waals surface area (Å²) in [5, 5.41) is 0. The van der Waals surface area contributed by atoms with E-state index in [-0.39, 0.29) is 0 Å². The number of aromatic nitrogens is 2. The Morgan fingerprint density at radius 2 is 2.08 bits per heavy atom. The average molecular weight is 217 g/mol. The predicted octanol–water partition coefficient (Wildman–Crippen LogP) is 1.57. The quantitative estimate of drug-likeness (QED) is 0.730. The van der Waals surface area contributed by atoms with Gasteiger partial charge in [-0.15, -0.1) is 0 Å². The Morgan fingerprint density at radius 1 is 1.31 bits per heavy atom. The summed E-state index contributed by atoms with van der Waals surface area (Å²) in [6, 6.07) is 0. The number of rotatable bonds is 6. The van der Waals surface area contributed by atoms with Gasteiger partial charge in [0.2, 0.25) is 0 Å². The summed E-state index contributed by atoms with van der Waals surface area (Å²) in [7, 11) is 0. The number of imidazole rings is 1. The first-order valence-electron chi connectivity index (χ1n) is 4.42. The molecular weight excluding hydrogens is 200 g/mol. The summed E-state index contributed by atoms with van der Waals surface area (Å²) in [6.45, 7) is 1.12. The highest BCUT2D eigenvalue weighted by Crippen LogP contribution is 1.98. The molecule has 0 bridgehead atoms. The van der Waals surface area contributed by atoms with Crippen LogP contribution < -0.4 is 4.57 Å². The summed E-state index contributed by atoms with van der Waals surface area (Å²) in [4.78, 5) is 3.29. The fourth-order valence-electron chi connectivity index (χ4n) is 1.21. The molecule has 0 aliphatic heterocycles. The van der Waals surface area contributed by atoms with Crippen LogP contribution >= 0.6 is 23.5 Å². The van der Waals surface area contributed by atoms with Crippen molar-refractivity contribution in [3.05, 3.63) is 18.2 Å². The zero-order valence-corrected chi connectivity index (χ0v) is 9.88. The van der Waals surface area contributed by atoms with Gasteiger partial charge >= 0.3 is 0 Å². The molecule has 1 rings (SSSR count). The van der Waals surface area contributed by atoms with E-state index in [0.717, 1.165) is 13.0 Å². The molecule has 0 unspecified atom stereocenters. The smallest absolute Gasteiger partial charge is 0.248 e. The molecule has 0 aliphatic carbocycles. The first kappa shape index (κ1) is 11.0. The number of aromatic amines is 1. The lowest BCUT2D eigenvalue weighted by molar-refractivity contribution is -0.698. The molecule has 0 amide bonds. The van der Waals surface area contributed by atoms with Crippen molar-refractivity contribution >= 4 is 23.5 Å². The molecule has 0 fully saturated rings. The summed E-state index contributed by atoms with van der Waals surface area (Å²) < 4.78 is 2.31. The second-order valence-corrected chi connectivity index (χ2v) is 4.81. The van der Waals surface area contributed by atoms with Gasteiger partial charge in [-0.2, -0.15) is 23.5 Å². The van der Waals surface area contributed by atoms with Gasteiger partial charge in [-0.1, -0.05) is 0 Å². The molecule has 0 radical (unpaired) electrons. The van der Waals surface area contributed by atoms with Crippen LogP contribution in [-0.4, -0.2) is 29.0 Å². The number of H-pyrrole nitrogens is 1. The van der Waals surface area contributed by atoms with E-state index in [1.165, 1.54) is 17.3 Å². The van der Waals surface area contributed by atoms with Crippen molar-refractivity contribution in [2.45, 2.75) is 13.0 Å². The third kappa shape index (κ3) is 3.65. The van der Waals surface area contributed by atoms with Crippen LogP contribution in [-0.2, 0) is 13.0 Å². The maximum atomic E-state index is 3.29. The van der Waals surface area contributed by atoms with E-state index < -0.39 is 0 Å². The molecule has 0 spiro atoms. The van der Waals surface area contributed by atoms with Crippen LogP contribution in [0.2, 0.25) is 0 Å². The zero-order valence-electron chi connectivity index (χ0n) is 8.25. The number of hydrogen-bond donors (Lipinski definition) is 1. The van der Waals surface area contributed by atoms with E-state index in [1.807, 2.05) is 29.7 Å². The van der Waals surface area contributed by atoms with Crippen molar-refractivity contribution in [1.29, 1.82) is 0 Å². The molecule has 0 aromatic carbocycles. The third-order valence-corrected chi connectivity index (χ3v) is 3.13.